The molecular formula is C13H22N2. The first kappa shape index (κ1) is 12.2. The predicted octanol–water partition coefficient (Wildman–Crippen LogP) is 3.22. The summed E-state index contributed by atoms with van der Waals surface area (Å²) in [7, 11) is 0. The van der Waals surface area contributed by atoms with E-state index >= 15 is 0 Å². The molecule has 0 spiro atoms. The summed E-state index contributed by atoms with van der Waals surface area (Å²) in [6.45, 7) is 6.50. The number of hydrogen-bond acceptors (Lipinski definition) is 2. The van der Waals surface area contributed by atoms with Gasteiger partial charge in [0.25, 0.3) is 0 Å². The summed E-state index contributed by atoms with van der Waals surface area (Å²) in [5.74, 6) is 0.766. The molecule has 2 heteroatoms. The second-order valence-electron chi connectivity index (χ2n) is 4.64. The summed E-state index contributed by atoms with van der Waals surface area (Å²) in [6, 6.07) is 6.15. The third-order valence-corrected chi connectivity index (χ3v) is 2.59. The number of aryl methyl sites for hydroxylation is 1. The van der Waals surface area contributed by atoms with Crippen LogP contribution in [0.25, 0.3) is 0 Å². The van der Waals surface area contributed by atoms with Crippen molar-refractivity contribution in [3.63, 3.8) is 0 Å². The Labute approximate surface area is 92.9 Å². The summed E-state index contributed by atoms with van der Waals surface area (Å²) >= 11 is 0. The van der Waals surface area contributed by atoms with Crippen molar-refractivity contribution < 1.29 is 0 Å². The summed E-state index contributed by atoms with van der Waals surface area (Å²) < 4.78 is 0. The van der Waals surface area contributed by atoms with E-state index in [9.17, 15) is 0 Å². The Kier molecular flexibility index (Phi) is 4.76. The fourth-order valence-electron chi connectivity index (χ4n) is 1.66. The van der Waals surface area contributed by atoms with Crippen LogP contribution in [0.5, 0.6) is 0 Å². The first-order chi connectivity index (χ1) is 7.09. The lowest BCUT2D eigenvalue weighted by Crippen LogP contribution is -2.12. The average Bonchev–Trinajstić information content (AvgIpc) is 2.17. The highest BCUT2D eigenvalue weighted by molar-refractivity contribution is 5.12. The molecule has 0 bridgehead atoms. The van der Waals surface area contributed by atoms with Crippen molar-refractivity contribution in [1.29, 1.82) is 0 Å². The van der Waals surface area contributed by atoms with Crippen LogP contribution in [0.15, 0.2) is 18.2 Å². The van der Waals surface area contributed by atoms with Crippen molar-refractivity contribution in [3.05, 3.63) is 29.6 Å². The van der Waals surface area contributed by atoms with Gasteiger partial charge in [0.2, 0.25) is 0 Å². The van der Waals surface area contributed by atoms with E-state index in [1.54, 1.807) is 0 Å². The van der Waals surface area contributed by atoms with Crippen molar-refractivity contribution in [2.45, 2.75) is 46.1 Å². The van der Waals surface area contributed by atoms with E-state index in [0.29, 0.717) is 0 Å². The number of nitrogens with zero attached hydrogens (tertiary/aromatic N) is 1. The molecule has 2 N–H and O–H groups in total. The zero-order chi connectivity index (χ0) is 11.3. The van der Waals surface area contributed by atoms with Crippen LogP contribution in [0.3, 0.4) is 0 Å². The van der Waals surface area contributed by atoms with Crippen molar-refractivity contribution in [3.8, 4) is 0 Å². The lowest BCUT2D eigenvalue weighted by Gasteiger charge is -2.12. The van der Waals surface area contributed by atoms with Crippen molar-refractivity contribution >= 4 is 0 Å². The Balaban J connectivity index is 2.43. The van der Waals surface area contributed by atoms with Gasteiger partial charge in [-0.15, -0.1) is 0 Å². The van der Waals surface area contributed by atoms with Crippen molar-refractivity contribution in [2.24, 2.45) is 11.7 Å². The lowest BCUT2D eigenvalue weighted by atomic mass is 10.0. The molecule has 1 aromatic heterocycles. The molecule has 0 aliphatic rings. The first-order valence-corrected chi connectivity index (χ1v) is 5.78. The predicted molar refractivity (Wildman–Crippen MR) is 64.6 cm³/mol. The second-order valence-corrected chi connectivity index (χ2v) is 4.64. The number of hydrogen-bond donors (Lipinski definition) is 1. The minimum absolute atomic E-state index is 0.101. The Bertz CT molecular complexity index is 294. The Morgan fingerprint density at radius 3 is 2.60 bits per heavy atom. The largest absolute Gasteiger partial charge is 0.323 e. The molecule has 1 heterocycles. The SMILES string of the molecule is Cc1cccc(C(N)CCCC(C)C)n1. The van der Waals surface area contributed by atoms with Crippen LogP contribution < -0.4 is 5.73 Å². The van der Waals surface area contributed by atoms with E-state index < -0.39 is 0 Å². The maximum Gasteiger partial charge on any atom is 0.0574 e. The van der Waals surface area contributed by atoms with Gasteiger partial charge in [-0.1, -0.05) is 32.8 Å². The monoisotopic (exact) mass is 206 g/mol. The zero-order valence-corrected chi connectivity index (χ0v) is 10.0. The third-order valence-electron chi connectivity index (χ3n) is 2.59. The minimum atomic E-state index is 0.101. The average molecular weight is 206 g/mol. The van der Waals surface area contributed by atoms with Gasteiger partial charge in [0.15, 0.2) is 0 Å². The van der Waals surface area contributed by atoms with Gasteiger partial charge in [-0.05, 0) is 31.4 Å². The van der Waals surface area contributed by atoms with Gasteiger partial charge in [-0.25, -0.2) is 0 Å². The van der Waals surface area contributed by atoms with Crippen LogP contribution in [-0.2, 0) is 0 Å². The van der Waals surface area contributed by atoms with Crippen LogP contribution >= 0.6 is 0 Å². The topological polar surface area (TPSA) is 38.9 Å². The number of rotatable bonds is 5. The fraction of sp³-hybridized carbons (Fsp3) is 0.615. The molecule has 0 aromatic carbocycles. The maximum atomic E-state index is 6.09. The molecule has 1 aromatic rings. The van der Waals surface area contributed by atoms with E-state index in [0.717, 1.165) is 23.7 Å². The van der Waals surface area contributed by atoms with E-state index in [2.05, 4.69) is 18.8 Å². The van der Waals surface area contributed by atoms with Crippen LogP contribution in [-0.4, -0.2) is 4.98 Å². The fourth-order valence-corrected chi connectivity index (χ4v) is 1.66. The number of aromatic nitrogens is 1. The third kappa shape index (κ3) is 4.43. The molecule has 0 aliphatic heterocycles. The molecule has 0 fully saturated rings. The summed E-state index contributed by atoms with van der Waals surface area (Å²) in [5, 5.41) is 0. The molecule has 84 valence electrons. The van der Waals surface area contributed by atoms with Crippen LogP contribution in [0.1, 0.15) is 50.5 Å². The highest BCUT2D eigenvalue weighted by Crippen LogP contribution is 2.16. The van der Waals surface area contributed by atoms with Crippen LogP contribution in [0.2, 0.25) is 0 Å². The van der Waals surface area contributed by atoms with E-state index in [1.165, 1.54) is 12.8 Å². The molecule has 0 amide bonds. The molecule has 0 saturated carbocycles. The van der Waals surface area contributed by atoms with Gasteiger partial charge in [0.1, 0.15) is 0 Å². The molecule has 2 nitrogen and oxygen atoms in total. The van der Waals surface area contributed by atoms with Gasteiger partial charge in [-0.3, -0.25) is 4.98 Å². The van der Waals surface area contributed by atoms with E-state index in [4.69, 9.17) is 5.73 Å². The highest BCUT2D eigenvalue weighted by atomic mass is 14.8. The zero-order valence-electron chi connectivity index (χ0n) is 10.0. The summed E-state index contributed by atoms with van der Waals surface area (Å²) in [5.41, 5.74) is 8.16. The smallest absolute Gasteiger partial charge is 0.0574 e. The van der Waals surface area contributed by atoms with Crippen LogP contribution in [0.4, 0.5) is 0 Å². The molecule has 0 aliphatic carbocycles. The van der Waals surface area contributed by atoms with E-state index in [-0.39, 0.29) is 6.04 Å². The van der Waals surface area contributed by atoms with Crippen molar-refractivity contribution in [1.82, 2.24) is 4.98 Å². The quantitative estimate of drug-likeness (QED) is 0.803. The molecule has 15 heavy (non-hydrogen) atoms. The Morgan fingerprint density at radius 1 is 1.27 bits per heavy atom. The lowest BCUT2D eigenvalue weighted by molar-refractivity contribution is 0.501. The number of pyridine rings is 1. The van der Waals surface area contributed by atoms with Crippen LogP contribution in [0, 0.1) is 12.8 Å². The first-order valence-electron chi connectivity index (χ1n) is 5.78. The summed E-state index contributed by atoms with van der Waals surface area (Å²) in [6.07, 6.45) is 3.47. The minimum Gasteiger partial charge on any atom is -0.323 e. The normalized spacial score (nSPS) is 13.1. The highest BCUT2D eigenvalue weighted by Gasteiger charge is 2.07. The van der Waals surface area contributed by atoms with E-state index in [1.807, 2.05) is 25.1 Å². The molecule has 1 unspecified atom stereocenters. The van der Waals surface area contributed by atoms with Gasteiger partial charge in [-0.2, -0.15) is 0 Å². The molecule has 1 rings (SSSR count). The maximum absolute atomic E-state index is 6.09. The van der Waals surface area contributed by atoms with Crippen molar-refractivity contribution in [2.75, 3.05) is 0 Å². The molecule has 0 radical (unpaired) electrons. The second kappa shape index (κ2) is 5.86. The summed E-state index contributed by atoms with van der Waals surface area (Å²) in [4.78, 5) is 4.45. The van der Waals surface area contributed by atoms with Gasteiger partial charge < -0.3 is 5.73 Å². The van der Waals surface area contributed by atoms with Gasteiger partial charge in [0, 0.05) is 11.7 Å². The molecular weight excluding hydrogens is 184 g/mol. The molecule has 0 saturated heterocycles. The standard InChI is InChI=1S/C13H22N2/c1-10(2)6-4-8-12(14)13-9-5-7-11(3)15-13/h5,7,9-10,12H,4,6,8,14H2,1-3H3. The Hall–Kier alpha value is -0.890. The molecule has 1 atom stereocenters. The Morgan fingerprint density at radius 2 is 2.00 bits per heavy atom. The van der Waals surface area contributed by atoms with Gasteiger partial charge >= 0.3 is 0 Å². The van der Waals surface area contributed by atoms with Gasteiger partial charge in [0.05, 0.1) is 5.69 Å². The number of nitrogens with two attached hydrogens (primary N) is 1.